The zero-order valence-electron chi connectivity index (χ0n) is 19.2. The highest BCUT2D eigenvalue weighted by atomic mass is 79.9. The molecule has 0 unspecified atom stereocenters. The van der Waals surface area contributed by atoms with E-state index in [1.807, 2.05) is 32.0 Å². The van der Waals surface area contributed by atoms with Gasteiger partial charge < -0.3 is 9.47 Å². The molecule has 1 aromatic heterocycles. The van der Waals surface area contributed by atoms with Crippen LogP contribution in [-0.4, -0.2) is 29.1 Å². The van der Waals surface area contributed by atoms with Crippen LogP contribution in [0, 0.1) is 0 Å². The molecule has 3 rings (SSSR count). The maximum Gasteiger partial charge on any atom is 0.282 e. The average Bonchev–Trinajstić information content (AvgIpc) is 2.81. The minimum absolute atomic E-state index is 0.0290. The SMILES string of the molecule is CC[C@@H](C)Oc1c(OC)cc(C=Nn2c([C@@H](C)CC)nc3ccc(Br)cc3c2=O)c(Br)c1Br. The summed E-state index contributed by atoms with van der Waals surface area (Å²) in [5.41, 5.74) is 1.17. The Morgan fingerprint density at radius 3 is 2.48 bits per heavy atom. The van der Waals surface area contributed by atoms with Crippen molar-refractivity contribution in [3.63, 3.8) is 0 Å². The van der Waals surface area contributed by atoms with Crippen molar-refractivity contribution in [2.24, 2.45) is 5.10 Å². The van der Waals surface area contributed by atoms with E-state index in [1.54, 1.807) is 19.4 Å². The number of benzene rings is 2. The van der Waals surface area contributed by atoms with Gasteiger partial charge in [0, 0.05) is 20.4 Å². The van der Waals surface area contributed by atoms with Crippen LogP contribution in [0.4, 0.5) is 0 Å². The predicted molar refractivity (Wildman–Crippen MR) is 144 cm³/mol. The Balaban J connectivity index is 2.16. The van der Waals surface area contributed by atoms with Gasteiger partial charge in [-0.2, -0.15) is 9.78 Å². The molecule has 0 amide bonds. The van der Waals surface area contributed by atoms with Crippen molar-refractivity contribution < 1.29 is 9.47 Å². The largest absolute Gasteiger partial charge is 0.493 e. The molecular formula is C24H26Br3N3O3. The molecule has 2 aromatic carbocycles. The van der Waals surface area contributed by atoms with E-state index in [2.05, 4.69) is 66.7 Å². The standard InChI is InChI=1S/C24H26Br3N3O3/c1-6-13(3)23-29-18-9-8-16(25)11-17(18)24(31)30(23)28-12-15-10-19(32-5)22(21(27)20(15)26)33-14(4)7-2/h8-14H,6-7H2,1-5H3/t13-,14+/m0/s1. The fraction of sp³-hybridized carbons (Fsp3) is 0.375. The molecule has 0 aliphatic carbocycles. The minimum atomic E-state index is -0.216. The third-order valence-corrected chi connectivity index (χ3v) is 8.10. The van der Waals surface area contributed by atoms with Gasteiger partial charge in [0.15, 0.2) is 11.5 Å². The molecule has 0 aliphatic rings. The van der Waals surface area contributed by atoms with Crippen LogP contribution < -0.4 is 15.0 Å². The number of fused-ring (bicyclic) bond motifs is 1. The van der Waals surface area contributed by atoms with E-state index in [-0.39, 0.29) is 17.6 Å². The molecule has 0 spiro atoms. The van der Waals surface area contributed by atoms with Crippen LogP contribution in [0.15, 0.2) is 47.6 Å². The van der Waals surface area contributed by atoms with Crippen molar-refractivity contribution in [3.05, 3.63) is 59.4 Å². The Morgan fingerprint density at radius 1 is 1.12 bits per heavy atom. The van der Waals surface area contributed by atoms with E-state index in [0.29, 0.717) is 28.2 Å². The monoisotopic (exact) mass is 641 g/mol. The summed E-state index contributed by atoms with van der Waals surface area (Å²) in [6.07, 6.45) is 3.35. The van der Waals surface area contributed by atoms with Gasteiger partial charge in [-0.1, -0.05) is 36.7 Å². The first kappa shape index (κ1) is 25.9. The van der Waals surface area contributed by atoms with Crippen molar-refractivity contribution in [3.8, 4) is 11.5 Å². The molecule has 6 nitrogen and oxygen atoms in total. The van der Waals surface area contributed by atoms with Crippen LogP contribution in [0.2, 0.25) is 0 Å². The molecule has 0 aliphatic heterocycles. The van der Waals surface area contributed by atoms with Gasteiger partial charge in [0.2, 0.25) is 0 Å². The van der Waals surface area contributed by atoms with Gasteiger partial charge in [-0.25, -0.2) is 4.98 Å². The van der Waals surface area contributed by atoms with Gasteiger partial charge in [-0.3, -0.25) is 4.79 Å². The van der Waals surface area contributed by atoms with Crippen molar-refractivity contribution in [1.29, 1.82) is 0 Å². The van der Waals surface area contributed by atoms with Gasteiger partial charge >= 0.3 is 0 Å². The Bertz CT molecular complexity index is 1260. The van der Waals surface area contributed by atoms with E-state index in [0.717, 1.165) is 31.8 Å². The molecule has 176 valence electrons. The maximum atomic E-state index is 13.3. The smallest absolute Gasteiger partial charge is 0.282 e. The molecule has 9 heteroatoms. The Hall–Kier alpha value is -1.71. The summed E-state index contributed by atoms with van der Waals surface area (Å²) in [5, 5.41) is 5.07. The molecule has 0 N–H and O–H groups in total. The summed E-state index contributed by atoms with van der Waals surface area (Å²) >= 11 is 10.7. The number of rotatable bonds is 8. The van der Waals surface area contributed by atoms with Crippen molar-refractivity contribution in [2.45, 2.75) is 52.6 Å². The summed E-state index contributed by atoms with van der Waals surface area (Å²) in [4.78, 5) is 18.1. The van der Waals surface area contributed by atoms with Crippen LogP contribution in [0.25, 0.3) is 10.9 Å². The minimum Gasteiger partial charge on any atom is -0.493 e. The van der Waals surface area contributed by atoms with Crippen molar-refractivity contribution in [2.75, 3.05) is 7.11 Å². The second-order valence-corrected chi connectivity index (χ2v) is 10.3. The number of aromatic nitrogens is 2. The summed E-state index contributed by atoms with van der Waals surface area (Å²) in [6, 6.07) is 7.32. The highest BCUT2D eigenvalue weighted by Crippen LogP contribution is 2.43. The summed E-state index contributed by atoms with van der Waals surface area (Å²) in [7, 11) is 1.59. The molecule has 0 radical (unpaired) electrons. The molecule has 1 heterocycles. The lowest BCUT2D eigenvalue weighted by atomic mass is 10.1. The van der Waals surface area contributed by atoms with Crippen molar-refractivity contribution >= 4 is 64.9 Å². The van der Waals surface area contributed by atoms with Crippen LogP contribution in [0.5, 0.6) is 11.5 Å². The van der Waals surface area contributed by atoms with E-state index in [4.69, 9.17) is 14.5 Å². The average molecular weight is 644 g/mol. The Kier molecular flexibility index (Phi) is 8.75. The highest BCUT2D eigenvalue weighted by molar-refractivity contribution is 9.13. The predicted octanol–water partition coefficient (Wildman–Crippen LogP) is 7.27. The van der Waals surface area contributed by atoms with Gasteiger partial charge in [0.1, 0.15) is 5.82 Å². The third-order valence-electron chi connectivity index (χ3n) is 5.47. The van der Waals surface area contributed by atoms with E-state index < -0.39 is 0 Å². The summed E-state index contributed by atoms with van der Waals surface area (Å²) < 4.78 is 15.3. The van der Waals surface area contributed by atoms with Gasteiger partial charge in [-0.05, 0) is 75.9 Å². The first-order valence-corrected chi connectivity index (χ1v) is 13.1. The number of hydrogen-bond acceptors (Lipinski definition) is 5. The van der Waals surface area contributed by atoms with Crippen LogP contribution in [0.1, 0.15) is 57.8 Å². The first-order chi connectivity index (χ1) is 15.7. The highest BCUT2D eigenvalue weighted by Gasteiger charge is 2.19. The van der Waals surface area contributed by atoms with Gasteiger partial charge in [0.05, 0.1) is 34.8 Å². The quantitative estimate of drug-likeness (QED) is 0.242. The van der Waals surface area contributed by atoms with E-state index >= 15 is 0 Å². The topological polar surface area (TPSA) is 65.7 Å². The summed E-state index contributed by atoms with van der Waals surface area (Å²) in [6.45, 7) is 8.16. The van der Waals surface area contributed by atoms with Crippen LogP contribution in [-0.2, 0) is 0 Å². The van der Waals surface area contributed by atoms with E-state index in [1.165, 1.54) is 4.68 Å². The Morgan fingerprint density at radius 2 is 1.85 bits per heavy atom. The molecule has 0 saturated heterocycles. The normalized spacial score (nSPS) is 13.5. The molecule has 33 heavy (non-hydrogen) atoms. The van der Waals surface area contributed by atoms with Gasteiger partial charge in [-0.15, -0.1) is 0 Å². The maximum absolute atomic E-state index is 13.3. The lowest BCUT2D eigenvalue weighted by molar-refractivity contribution is 0.206. The fourth-order valence-corrected chi connectivity index (χ4v) is 4.42. The molecule has 0 saturated carbocycles. The summed E-state index contributed by atoms with van der Waals surface area (Å²) in [5.74, 6) is 1.86. The van der Waals surface area contributed by atoms with Crippen molar-refractivity contribution in [1.82, 2.24) is 9.66 Å². The molecule has 2 atom stereocenters. The molecule has 0 bridgehead atoms. The number of methoxy groups -OCH3 is 1. The Labute approximate surface area is 218 Å². The zero-order chi connectivity index (χ0) is 24.3. The number of hydrogen-bond donors (Lipinski definition) is 0. The fourth-order valence-electron chi connectivity index (χ4n) is 3.14. The third kappa shape index (κ3) is 5.52. The van der Waals surface area contributed by atoms with E-state index in [9.17, 15) is 4.79 Å². The first-order valence-electron chi connectivity index (χ1n) is 10.7. The molecule has 3 aromatic rings. The second-order valence-electron chi connectivity index (χ2n) is 7.76. The second kappa shape index (κ2) is 11.1. The molecule has 0 fully saturated rings. The molecular weight excluding hydrogens is 618 g/mol. The lowest BCUT2D eigenvalue weighted by Crippen LogP contribution is -2.23. The number of ether oxygens (including phenoxy) is 2. The van der Waals surface area contributed by atoms with Crippen LogP contribution >= 0.6 is 47.8 Å². The van der Waals surface area contributed by atoms with Crippen LogP contribution in [0.3, 0.4) is 0 Å². The van der Waals surface area contributed by atoms with Gasteiger partial charge in [0.25, 0.3) is 5.56 Å². The zero-order valence-corrected chi connectivity index (χ0v) is 23.9. The number of halogens is 3. The number of nitrogens with zero attached hydrogens (tertiary/aromatic N) is 3. The lowest BCUT2D eigenvalue weighted by Gasteiger charge is -2.19.